The largest absolute Gasteiger partial charge is 0.271 e. The average molecular weight is 400 g/mol. The van der Waals surface area contributed by atoms with Crippen LogP contribution in [0.3, 0.4) is 0 Å². The summed E-state index contributed by atoms with van der Waals surface area (Å²) in [7, 11) is -3.63. The molecule has 0 saturated heterocycles. The number of anilines is 1. The number of nitrogens with zero attached hydrogens (tertiary/aromatic N) is 2. The number of carbonyl (C=O) groups excluding carboxylic acids is 1. The minimum atomic E-state index is -3.63. The first kappa shape index (κ1) is 19.2. The summed E-state index contributed by atoms with van der Waals surface area (Å²) in [4.78, 5) is 12.0. The summed E-state index contributed by atoms with van der Waals surface area (Å²) in [5.74, 6) is -0.603. The van der Waals surface area contributed by atoms with Crippen molar-refractivity contribution < 1.29 is 13.2 Å². The van der Waals surface area contributed by atoms with Crippen molar-refractivity contribution in [2.75, 3.05) is 17.1 Å². The molecule has 0 bridgehead atoms. The van der Waals surface area contributed by atoms with Crippen LogP contribution in [0.2, 0.25) is 10.0 Å². The summed E-state index contributed by atoms with van der Waals surface area (Å²) in [5, 5.41) is 4.54. The Hall–Kier alpha value is -2.09. The van der Waals surface area contributed by atoms with E-state index in [0.29, 0.717) is 21.3 Å². The van der Waals surface area contributed by atoms with Crippen LogP contribution in [0.15, 0.2) is 53.6 Å². The summed E-state index contributed by atoms with van der Waals surface area (Å²) in [6.07, 6.45) is 2.33. The van der Waals surface area contributed by atoms with Gasteiger partial charge in [-0.25, -0.2) is 13.8 Å². The highest BCUT2D eigenvalue weighted by atomic mass is 35.5. The summed E-state index contributed by atoms with van der Waals surface area (Å²) < 4.78 is 24.8. The van der Waals surface area contributed by atoms with Crippen LogP contribution in [0, 0.1) is 0 Å². The predicted octanol–water partition coefficient (Wildman–Crippen LogP) is 2.91. The van der Waals surface area contributed by atoms with E-state index in [1.165, 1.54) is 6.21 Å². The Labute approximate surface area is 156 Å². The van der Waals surface area contributed by atoms with Gasteiger partial charge in [-0.1, -0.05) is 47.5 Å². The van der Waals surface area contributed by atoms with Crippen molar-refractivity contribution in [3.8, 4) is 0 Å². The van der Waals surface area contributed by atoms with Crippen molar-refractivity contribution in [3.05, 3.63) is 64.1 Å². The number of nitrogens with one attached hydrogen (secondary N) is 1. The first-order chi connectivity index (χ1) is 11.8. The van der Waals surface area contributed by atoms with Crippen LogP contribution < -0.4 is 9.73 Å². The van der Waals surface area contributed by atoms with E-state index in [1.807, 2.05) is 0 Å². The maximum atomic E-state index is 12.0. The van der Waals surface area contributed by atoms with Gasteiger partial charge in [0.15, 0.2) is 0 Å². The van der Waals surface area contributed by atoms with E-state index >= 15 is 0 Å². The SMILES string of the molecule is CS(=O)(=O)N(CC(=O)N/N=C\c1c(Cl)cccc1Cl)c1ccccc1. The van der Waals surface area contributed by atoms with Crippen molar-refractivity contribution in [3.63, 3.8) is 0 Å². The van der Waals surface area contributed by atoms with Gasteiger partial charge in [0.2, 0.25) is 10.0 Å². The molecule has 0 heterocycles. The topological polar surface area (TPSA) is 78.8 Å². The lowest BCUT2D eigenvalue weighted by atomic mass is 10.2. The molecule has 132 valence electrons. The molecule has 2 aromatic rings. The Morgan fingerprint density at radius 1 is 1.12 bits per heavy atom. The zero-order valence-electron chi connectivity index (χ0n) is 13.2. The van der Waals surface area contributed by atoms with Gasteiger partial charge >= 0.3 is 0 Å². The van der Waals surface area contributed by atoms with Gasteiger partial charge < -0.3 is 0 Å². The van der Waals surface area contributed by atoms with Gasteiger partial charge in [0.25, 0.3) is 5.91 Å². The van der Waals surface area contributed by atoms with Crippen LogP contribution in [-0.2, 0) is 14.8 Å². The van der Waals surface area contributed by atoms with Crippen LogP contribution in [-0.4, -0.2) is 33.3 Å². The van der Waals surface area contributed by atoms with E-state index < -0.39 is 22.5 Å². The Bertz CT molecular complexity index is 867. The third kappa shape index (κ3) is 5.45. The first-order valence-electron chi connectivity index (χ1n) is 7.07. The third-order valence-corrected chi connectivity index (χ3v) is 4.91. The van der Waals surface area contributed by atoms with E-state index in [2.05, 4.69) is 10.5 Å². The second kappa shape index (κ2) is 8.33. The molecule has 0 aliphatic rings. The summed E-state index contributed by atoms with van der Waals surface area (Å²) in [6.45, 7) is -0.406. The fourth-order valence-electron chi connectivity index (χ4n) is 1.96. The minimum absolute atomic E-state index is 0.382. The Kier molecular flexibility index (Phi) is 6.41. The quantitative estimate of drug-likeness (QED) is 0.598. The van der Waals surface area contributed by atoms with Crippen molar-refractivity contribution in [2.24, 2.45) is 5.10 Å². The molecule has 0 spiro atoms. The fraction of sp³-hybridized carbons (Fsp3) is 0.125. The summed E-state index contributed by atoms with van der Waals surface area (Å²) in [5.41, 5.74) is 3.11. The maximum absolute atomic E-state index is 12.0. The number of rotatable bonds is 6. The van der Waals surface area contributed by atoms with E-state index in [0.717, 1.165) is 10.6 Å². The molecule has 2 aromatic carbocycles. The molecular formula is C16H15Cl2N3O3S. The highest BCUT2D eigenvalue weighted by Crippen LogP contribution is 2.22. The van der Waals surface area contributed by atoms with E-state index in [9.17, 15) is 13.2 Å². The lowest BCUT2D eigenvalue weighted by Crippen LogP contribution is -2.38. The second-order valence-corrected chi connectivity index (χ2v) is 7.75. The van der Waals surface area contributed by atoms with E-state index in [4.69, 9.17) is 23.2 Å². The zero-order chi connectivity index (χ0) is 18.4. The van der Waals surface area contributed by atoms with Gasteiger partial charge in [0.05, 0.1) is 28.2 Å². The number of sulfonamides is 1. The molecule has 0 aliphatic heterocycles. The standard InChI is InChI=1S/C16H15Cl2N3O3S/c1-25(23,24)21(12-6-3-2-4-7-12)11-16(22)20-19-10-13-14(17)8-5-9-15(13)18/h2-10H,11H2,1H3,(H,20,22)/b19-10-. The molecule has 1 N–H and O–H groups in total. The van der Waals surface area contributed by atoms with Gasteiger partial charge in [0.1, 0.15) is 6.54 Å². The molecule has 0 saturated carbocycles. The van der Waals surface area contributed by atoms with Gasteiger partial charge in [-0.15, -0.1) is 0 Å². The highest BCUT2D eigenvalue weighted by molar-refractivity contribution is 7.92. The van der Waals surface area contributed by atoms with Gasteiger partial charge in [0, 0.05) is 5.56 Å². The molecule has 0 atom stereocenters. The number of para-hydroxylation sites is 1. The normalized spacial score (nSPS) is 11.5. The number of hydrogen-bond acceptors (Lipinski definition) is 4. The van der Waals surface area contributed by atoms with Crippen LogP contribution in [0.1, 0.15) is 5.56 Å². The van der Waals surface area contributed by atoms with Crippen LogP contribution >= 0.6 is 23.2 Å². The Balaban J connectivity index is 2.09. The molecule has 0 aromatic heterocycles. The molecular weight excluding hydrogens is 385 g/mol. The molecule has 0 unspecified atom stereocenters. The van der Waals surface area contributed by atoms with Crippen molar-refractivity contribution >= 4 is 51.0 Å². The number of benzene rings is 2. The lowest BCUT2D eigenvalue weighted by molar-refractivity contribution is -0.119. The molecule has 0 radical (unpaired) electrons. The predicted molar refractivity (Wildman–Crippen MR) is 101 cm³/mol. The second-order valence-electron chi connectivity index (χ2n) is 5.03. The molecule has 25 heavy (non-hydrogen) atoms. The van der Waals surface area contributed by atoms with Crippen molar-refractivity contribution in [1.29, 1.82) is 0 Å². The average Bonchev–Trinajstić information content (AvgIpc) is 2.55. The first-order valence-corrected chi connectivity index (χ1v) is 9.68. The van der Waals surface area contributed by atoms with Gasteiger partial charge in [-0.2, -0.15) is 5.10 Å². The van der Waals surface area contributed by atoms with Gasteiger partial charge in [-0.05, 0) is 24.3 Å². The van der Waals surface area contributed by atoms with Crippen molar-refractivity contribution in [1.82, 2.24) is 5.43 Å². The maximum Gasteiger partial charge on any atom is 0.260 e. The van der Waals surface area contributed by atoms with Crippen LogP contribution in [0.25, 0.3) is 0 Å². The molecule has 0 fully saturated rings. The molecule has 6 nitrogen and oxygen atoms in total. The number of hydrogen-bond donors (Lipinski definition) is 1. The summed E-state index contributed by atoms with van der Waals surface area (Å²) in [6, 6.07) is 13.3. The molecule has 0 aliphatic carbocycles. The number of amides is 1. The summed E-state index contributed by atoms with van der Waals surface area (Å²) >= 11 is 12.0. The highest BCUT2D eigenvalue weighted by Gasteiger charge is 2.20. The number of hydrazone groups is 1. The minimum Gasteiger partial charge on any atom is -0.271 e. The Morgan fingerprint density at radius 2 is 1.72 bits per heavy atom. The number of carbonyl (C=O) groups is 1. The smallest absolute Gasteiger partial charge is 0.260 e. The van der Waals surface area contributed by atoms with E-state index in [-0.39, 0.29) is 0 Å². The monoisotopic (exact) mass is 399 g/mol. The lowest BCUT2D eigenvalue weighted by Gasteiger charge is -2.21. The zero-order valence-corrected chi connectivity index (χ0v) is 15.5. The van der Waals surface area contributed by atoms with Crippen LogP contribution in [0.5, 0.6) is 0 Å². The number of halogens is 2. The third-order valence-electron chi connectivity index (χ3n) is 3.11. The van der Waals surface area contributed by atoms with E-state index in [1.54, 1.807) is 48.5 Å². The molecule has 2 rings (SSSR count). The molecule has 1 amide bonds. The van der Waals surface area contributed by atoms with Crippen LogP contribution in [0.4, 0.5) is 5.69 Å². The molecule has 9 heteroatoms. The van der Waals surface area contributed by atoms with Gasteiger partial charge in [-0.3, -0.25) is 9.10 Å². The Morgan fingerprint density at radius 3 is 2.28 bits per heavy atom. The van der Waals surface area contributed by atoms with Crippen molar-refractivity contribution in [2.45, 2.75) is 0 Å². The fourth-order valence-corrected chi connectivity index (χ4v) is 3.31.